The molecule has 0 spiro atoms. The molecule has 2 rings (SSSR count). The number of nitrogens with one attached hydrogen (secondary N) is 2. The zero-order chi connectivity index (χ0) is 12.4. The van der Waals surface area contributed by atoms with Crippen molar-refractivity contribution < 1.29 is 14.7 Å². The Hall–Kier alpha value is -2.19. The number of likely N-dealkylation sites (tertiary alicyclic amines) is 1. The minimum absolute atomic E-state index is 0.236. The molecule has 1 aromatic rings. The van der Waals surface area contributed by atoms with E-state index in [1.54, 1.807) is 6.92 Å². The van der Waals surface area contributed by atoms with Crippen molar-refractivity contribution in [2.75, 3.05) is 13.1 Å². The van der Waals surface area contributed by atoms with Crippen LogP contribution in [0.5, 0.6) is 0 Å². The third-order valence-electron chi connectivity index (χ3n) is 2.61. The molecule has 92 valence electrons. The molecule has 2 heterocycles. The van der Waals surface area contributed by atoms with E-state index in [4.69, 9.17) is 5.11 Å². The molecule has 2 amide bonds. The first kappa shape index (κ1) is 11.3. The summed E-state index contributed by atoms with van der Waals surface area (Å²) in [7, 11) is 0. The van der Waals surface area contributed by atoms with Gasteiger partial charge in [-0.2, -0.15) is 5.21 Å². The number of carboxylic acid groups (broad SMARTS) is 1. The van der Waals surface area contributed by atoms with Crippen molar-refractivity contribution in [3.8, 4) is 0 Å². The Morgan fingerprint density at radius 1 is 1.59 bits per heavy atom. The zero-order valence-electron chi connectivity index (χ0n) is 9.12. The number of hydrogen-bond donors (Lipinski definition) is 3. The van der Waals surface area contributed by atoms with E-state index in [9.17, 15) is 9.59 Å². The minimum atomic E-state index is -0.875. The van der Waals surface area contributed by atoms with Gasteiger partial charge < -0.3 is 15.3 Å². The molecular formula is C8H12N6O3. The lowest BCUT2D eigenvalue weighted by molar-refractivity contribution is -0.146. The largest absolute Gasteiger partial charge is 0.481 e. The minimum Gasteiger partial charge on any atom is -0.481 e. The normalized spacial score (nSPS) is 17.4. The average Bonchev–Trinajstić information content (AvgIpc) is 2.66. The third-order valence-corrected chi connectivity index (χ3v) is 2.61. The number of carbonyl (C=O) groups is 2. The van der Waals surface area contributed by atoms with Crippen LogP contribution in [0, 0.1) is 5.92 Å². The first-order valence-electron chi connectivity index (χ1n) is 5.09. The summed E-state index contributed by atoms with van der Waals surface area (Å²) >= 11 is 0. The Bertz CT molecular complexity index is 413. The summed E-state index contributed by atoms with van der Waals surface area (Å²) in [4.78, 5) is 23.6. The van der Waals surface area contributed by atoms with E-state index >= 15 is 0 Å². The maximum atomic E-state index is 11.6. The highest BCUT2D eigenvalue weighted by atomic mass is 16.4. The van der Waals surface area contributed by atoms with Gasteiger partial charge in [-0.3, -0.25) is 4.79 Å². The van der Waals surface area contributed by atoms with Crippen molar-refractivity contribution in [3.63, 3.8) is 0 Å². The van der Waals surface area contributed by atoms with Crippen molar-refractivity contribution >= 4 is 12.0 Å². The SMILES string of the molecule is CC(NC(=O)N1CC(C(=O)O)C1)c1nn[nH]n1. The van der Waals surface area contributed by atoms with Crippen LogP contribution in [-0.2, 0) is 4.79 Å². The number of carboxylic acids is 1. The van der Waals surface area contributed by atoms with E-state index < -0.39 is 11.9 Å². The lowest BCUT2D eigenvalue weighted by Crippen LogP contribution is -2.56. The highest BCUT2D eigenvalue weighted by Gasteiger charge is 2.36. The fourth-order valence-electron chi connectivity index (χ4n) is 1.49. The van der Waals surface area contributed by atoms with Crippen molar-refractivity contribution in [1.29, 1.82) is 0 Å². The smallest absolute Gasteiger partial charge is 0.318 e. The van der Waals surface area contributed by atoms with Crippen LogP contribution in [0.2, 0.25) is 0 Å². The van der Waals surface area contributed by atoms with Gasteiger partial charge in [0.25, 0.3) is 0 Å². The van der Waals surface area contributed by atoms with E-state index in [1.165, 1.54) is 4.90 Å². The topological polar surface area (TPSA) is 124 Å². The van der Waals surface area contributed by atoms with E-state index in [2.05, 4.69) is 25.9 Å². The Balaban J connectivity index is 1.81. The molecule has 1 atom stereocenters. The van der Waals surface area contributed by atoms with E-state index in [0.29, 0.717) is 5.82 Å². The number of aliphatic carboxylic acids is 1. The summed E-state index contributed by atoms with van der Waals surface area (Å²) in [5.74, 6) is -0.949. The van der Waals surface area contributed by atoms with Gasteiger partial charge in [0.15, 0.2) is 5.82 Å². The molecule has 1 unspecified atom stereocenters. The van der Waals surface area contributed by atoms with Gasteiger partial charge in [0.2, 0.25) is 0 Å². The molecule has 0 aliphatic carbocycles. The van der Waals surface area contributed by atoms with E-state index in [0.717, 1.165) is 0 Å². The van der Waals surface area contributed by atoms with Gasteiger partial charge in [0, 0.05) is 13.1 Å². The van der Waals surface area contributed by atoms with Crippen molar-refractivity contribution in [3.05, 3.63) is 5.82 Å². The first-order chi connectivity index (χ1) is 8.08. The van der Waals surface area contributed by atoms with Crippen LogP contribution in [0.4, 0.5) is 4.79 Å². The van der Waals surface area contributed by atoms with Gasteiger partial charge in [-0.05, 0) is 6.92 Å². The number of aromatic nitrogens is 4. The molecule has 9 nitrogen and oxygen atoms in total. The predicted octanol–water partition coefficient (Wildman–Crippen LogP) is -1.01. The monoisotopic (exact) mass is 240 g/mol. The number of H-pyrrole nitrogens is 1. The Morgan fingerprint density at radius 3 is 2.82 bits per heavy atom. The second kappa shape index (κ2) is 4.36. The molecule has 0 radical (unpaired) electrons. The Labute approximate surface area is 96.2 Å². The van der Waals surface area contributed by atoms with Crippen molar-refractivity contribution in [2.45, 2.75) is 13.0 Å². The Kier molecular flexibility index (Phi) is 2.90. The average molecular weight is 240 g/mol. The molecule has 1 fully saturated rings. The standard InChI is InChI=1S/C8H12N6O3/c1-4(6-10-12-13-11-6)9-8(17)14-2-5(3-14)7(15)16/h4-5H,2-3H2,1H3,(H,9,17)(H,15,16)(H,10,11,12,13). The summed E-state index contributed by atoms with van der Waals surface area (Å²) in [5.41, 5.74) is 0. The molecule has 1 aliphatic rings. The van der Waals surface area contributed by atoms with Crippen molar-refractivity contribution in [1.82, 2.24) is 30.8 Å². The number of hydrogen-bond acceptors (Lipinski definition) is 5. The number of nitrogens with zero attached hydrogens (tertiary/aromatic N) is 4. The summed E-state index contributed by atoms with van der Waals surface area (Å²) in [6.07, 6.45) is 0. The van der Waals surface area contributed by atoms with Gasteiger partial charge >= 0.3 is 12.0 Å². The summed E-state index contributed by atoms with van der Waals surface area (Å²) in [5, 5.41) is 24.5. The lowest BCUT2D eigenvalue weighted by Gasteiger charge is -2.36. The molecule has 17 heavy (non-hydrogen) atoms. The van der Waals surface area contributed by atoms with Crippen LogP contribution >= 0.6 is 0 Å². The van der Waals surface area contributed by atoms with Gasteiger partial charge in [-0.15, -0.1) is 10.2 Å². The fourth-order valence-corrected chi connectivity index (χ4v) is 1.49. The van der Waals surface area contributed by atoms with Crippen LogP contribution in [-0.4, -0.2) is 55.7 Å². The third kappa shape index (κ3) is 2.32. The fraction of sp³-hybridized carbons (Fsp3) is 0.625. The maximum absolute atomic E-state index is 11.6. The van der Waals surface area contributed by atoms with Gasteiger partial charge in [-0.1, -0.05) is 5.21 Å². The second-order valence-electron chi connectivity index (χ2n) is 3.88. The molecule has 1 aromatic heterocycles. The lowest BCUT2D eigenvalue weighted by atomic mass is 10.0. The zero-order valence-corrected chi connectivity index (χ0v) is 9.12. The number of rotatable bonds is 3. The molecule has 1 saturated heterocycles. The second-order valence-corrected chi connectivity index (χ2v) is 3.88. The van der Waals surface area contributed by atoms with Gasteiger partial charge in [0.1, 0.15) is 0 Å². The number of amides is 2. The maximum Gasteiger partial charge on any atom is 0.318 e. The molecule has 0 bridgehead atoms. The summed E-state index contributed by atoms with van der Waals surface area (Å²) in [6, 6.07) is -0.690. The number of carbonyl (C=O) groups excluding carboxylic acids is 1. The quantitative estimate of drug-likeness (QED) is 0.621. The van der Waals surface area contributed by atoms with E-state index in [1.807, 2.05) is 0 Å². The van der Waals surface area contributed by atoms with Crippen LogP contribution < -0.4 is 5.32 Å². The van der Waals surface area contributed by atoms with Gasteiger partial charge in [0.05, 0.1) is 12.0 Å². The number of tetrazole rings is 1. The Morgan fingerprint density at radius 2 is 2.29 bits per heavy atom. The highest BCUT2D eigenvalue weighted by molar-refractivity contribution is 5.79. The molecule has 1 aliphatic heterocycles. The van der Waals surface area contributed by atoms with Crippen LogP contribution in [0.15, 0.2) is 0 Å². The van der Waals surface area contributed by atoms with Crippen LogP contribution in [0.1, 0.15) is 18.8 Å². The summed E-state index contributed by atoms with van der Waals surface area (Å²) in [6.45, 7) is 2.19. The molecule has 0 saturated carbocycles. The highest BCUT2D eigenvalue weighted by Crippen LogP contribution is 2.16. The number of urea groups is 1. The van der Waals surface area contributed by atoms with Crippen molar-refractivity contribution in [2.24, 2.45) is 5.92 Å². The molecular weight excluding hydrogens is 228 g/mol. The number of aromatic amines is 1. The van der Waals surface area contributed by atoms with E-state index in [-0.39, 0.29) is 25.2 Å². The molecule has 9 heteroatoms. The first-order valence-corrected chi connectivity index (χ1v) is 5.09. The van der Waals surface area contributed by atoms with Crippen LogP contribution in [0.25, 0.3) is 0 Å². The van der Waals surface area contributed by atoms with Crippen LogP contribution in [0.3, 0.4) is 0 Å². The molecule has 0 aromatic carbocycles. The molecule has 3 N–H and O–H groups in total. The summed E-state index contributed by atoms with van der Waals surface area (Å²) < 4.78 is 0. The van der Waals surface area contributed by atoms with Gasteiger partial charge in [-0.25, -0.2) is 4.79 Å². The predicted molar refractivity (Wildman–Crippen MR) is 53.8 cm³/mol.